The van der Waals surface area contributed by atoms with E-state index in [2.05, 4.69) is 6.92 Å². The van der Waals surface area contributed by atoms with Gasteiger partial charge in [0.25, 0.3) is 0 Å². The maximum absolute atomic E-state index is 11.3. The fraction of sp³-hybridized carbons (Fsp3) is 0.958. The van der Waals surface area contributed by atoms with Crippen molar-refractivity contribution in [2.24, 2.45) is 5.92 Å². The standard InChI is InChI=1S/C24H48O3/c1-4-5-6-7-8-9-10-11-12-13-14-15-16-17-18-19-20-23(25)21-27-24(26)22(2)3/h22-23,25H,4-21H2,1-3H3. The van der Waals surface area contributed by atoms with Crippen molar-refractivity contribution >= 4 is 5.97 Å². The molecule has 0 aliphatic carbocycles. The number of ether oxygens (including phenoxy) is 1. The third-order valence-electron chi connectivity index (χ3n) is 5.28. The average molecular weight is 385 g/mol. The van der Waals surface area contributed by atoms with Gasteiger partial charge in [0, 0.05) is 0 Å². The lowest BCUT2D eigenvalue weighted by Crippen LogP contribution is -2.21. The van der Waals surface area contributed by atoms with Gasteiger partial charge >= 0.3 is 5.97 Å². The van der Waals surface area contributed by atoms with Gasteiger partial charge in [-0.2, -0.15) is 0 Å². The van der Waals surface area contributed by atoms with E-state index in [4.69, 9.17) is 4.74 Å². The largest absolute Gasteiger partial charge is 0.463 e. The molecule has 0 aromatic carbocycles. The van der Waals surface area contributed by atoms with Crippen molar-refractivity contribution in [1.29, 1.82) is 0 Å². The van der Waals surface area contributed by atoms with Crippen LogP contribution in [0.2, 0.25) is 0 Å². The predicted molar refractivity (Wildman–Crippen MR) is 116 cm³/mol. The van der Waals surface area contributed by atoms with E-state index in [1.807, 2.05) is 13.8 Å². The Hall–Kier alpha value is -0.570. The SMILES string of the molecule is CCCCCCCCCCCCCCCCCCC(O)COC(=O)C(C)C. The normalized spacial score (nSPS) is 12.5. The molecule has 1 atom stereocenters. The van der Waals surface area contributed by atoms with Crippen molar-refractivity contribution in [3.05, 3.63) is 0 Å². The molecule has 0 saturated heterocycles. The Kier molecular flexibility index (Phi) is 19.7. The van der Waals surface area contributed by atoms with Crippen LogP contribution in [0.5, 0.6) is 0 Å². The fourth-order valence-electron chi connectivity index (χ4n) is 3.36. The van der Waals surface area contributed by atoms with Crippen molar-refractivity contribution in [3.63, 3.8) is 0 Å². The van der Waals surface area contributed by atoms with E-state index < -0.39 is 6.10 Å². The van der Waals surface area contributed by atoms with Gasteiger partial charge in [-0.25, -0.2) is 0 Å². The number of carbonyl (C=O) groups excluding carboxylic acids is 1. The van der Waals surface area contributed by atoms with Crippen molar-refractivity contribution in [2.45, 2.75) is 136 Å². The molecule has 0 amide bonds. The topological polar surface area (TPSA) is 46.5 Å². The number of rotatable bonds is 20. The zero-order valence-electron chi connectivity index (χ0n) is 18.6. The van der Waals surface area contributed by atoms with E-state index in [-0.39, 0.29) is 18.5 Å². The van der Waals surface area contributed by atoms with Crippen LogP contribution in [0.25, 0.3) is 0 Å². The van der Waals surface area contributed by atoms with Gasteiger partial charge in [0.2, 0.25) is 0 Å². The Morgan fingerprint density at radius 3 is 1.44 bits per heavy atom. The molecule has 0 aliphatic heterocycles. The average Bonchev–Trinajstić information content (AvgIpc) is 2.65. The van der Waals surface area contributed by atoms with Gasteiger partial charge < -0.3 is 9.84 Å². The van der Waals surface area contributed by atoms with Gasteiger partial charge in [-0.3, -0.25) is 4.79 Å². The number of unbranched alkanes of at least 4 members (excludes halogenated alkanes) is 15. The second kappa shape index (κ2) is 20.2. The summed E-state index contributed by atoms with van der Waals surface area (Å²) >= 11 is 0. The number of hydrogen-bond donors (Lipinski definition) is 1. The summed E-state index contributed by atoms with van der Waals surface area (Å²) in [6.07, 6.45) is 21.9. The van der Waals surface area contributed by atoms with Crippen molar-refractivity contribution in [3.8, 4) is 0 Å². The van der Waals surface area contributed by atoms with Gasteiger partial charge in [-0.15, -0.1) is 0 Å². The minimum Gasteiger partial charge on any atom is -0.463 e. The molecule has 3 heteroatoms. The van der Waals surface area contributed by atoms with E-state index in [1.165, 1.54) is 96.3 Å². The lowest BCUT2D eigenvalue weighted by molar-refractivity contribution is -0.150. The van der Waals surface area contributed by atoms with E-state index in [1.54, 1.807) is 0 Å². The molecule has 1 N–H and O–H groups in total. The van der Waals surface area contributed by atoms with Gasteiger partial charge in [0.05, 0.1) is 12.0 Å². The highest BCUT2D eigenvalue weighted by Gasteiger charge is 2.11. The van der Waals surface area contributed by atoms with Crippen LogP contribution in [-0.2, 0) is 9.53 Å². The molecule has 162 valence electrons. The van der Waals surface area contributed by atoms with Gasteiger partial charge in [-0.05, 0) is 6.42 Å². The third kappa shape index (κ3) is 20.0. The molecule has 0 fully saturated rings. The molecule has 3 nitrogen and oxygen atoms in total. The first kappa shape index (κ1) is 26.4. The monoisotopic (exact) mass is 384 g/mol. The van der Waals surface area contributed by atoms with Gasteiger partial charge in [-0.1, -0.05) is 124 Å². The van der Waals surface area contributed by atoms with Gasteiger partial charge in [0.1, 0.15) is 6.61 Å². The number of hydrogen-bond acceptors (Lipinski definition) is 3. The molecule has 27 heavy (non-hydrogen) atoms. The van der Waals surface area contributed by atoms with Crippen molar-refractivity contribution in [1.82, 2.24) is 0 Å². The molecular formula is C24H48O3. The molecule has 0 bridgehead atoms. The molecule has 0 heterocycles. The predicted octanol–water partition coefficient (Wildman–Crippen LogP) is 7.20. The van der Waals surface area contributed by atoms with E-state index in [0.717, 1.165) is 12.8 Å². The van der Waals surface area contributed by atoms with Crippen molar-refractivity contribution in [2.75, 3.05) is 6.61 Å². The molecule has 0 aliphatic rings. The number of aliphatic hydroxyl groups excluding tert-OH is 1. The molecule has 0 aromatic rings. The van der Waals surface area contributed by atoms with E-state index in [0.29, 0.717) is 0 Å². The first-order valence-electron chi connectivity index (χ1n) is 11.9. The zero-order chi connectivity index (χ0) is 20.2. The first-order chi connectivity index (χ1) is 13.1. The Labute approximate surface area is 169 Å². The summed E-state index contributed by atoms with van der Waals surface area (Å²) in [7, 11) is 0. The highest BCUT2D eigenvalue weighted by molar-refractivity contribution is 5.71. The molecule has 0 saturated carbocycles. The summed E-state index contributed by atoms with van der Waals surface area (Å²) in [5, 5.41) is 9.82. The number of carbonyl (C=O) groups is 1. The Balaban J connectivity index is 3.17. The Bertz CT molecular complexity index is 315. The summed E-state index contributed by atoms with van der Waals surface area (Å²) in [4.78, 5) is 11.3. The van der Waals surface area contributed by atoms with Gasteiger partial charge in [0.15, 0.2) is 0 Å². The molecule has 0 rings (SSSR count). The summed E-state index contributed by atoms with van der Waals surface area (Å²) < 4.78 is 5.06. The lowest BCUT2D eigenvalue weighted by atomic mass is 10.0. The molecular weight excluding hydrogens is 336 g/mol. The summed E-state index contributed by atoms with van der Waals surface area (Å²) in [5.41, 5.74) is 0. The maximum atomic E-state index is 11.3. The minimum atomic E-state index is -0.501. The molecule has 0 radical (unpaired) electrons. The smallest absolute Gasteiger partial charge is 0.308 e. The number of aliphatic hydroxyl groups is 1. The second-order valence-electron chi connectivity index (χ2n) is 8.53. The third-order valence-corrected chi connectivity index (χ3v) is 5.28. The van der Waals surface area contributed by atoms with Crippen LogP contribution in [-0.4, -0.2) is 23.8 Å². The first-order valence-corrected chi connectivity index (χ1v) is 11.9. The summed E-state index contributed by atoms with van der Waals surface area (Å²) in [6.45, 7) is 6.05. The molecule has 0 aromatic heterocycles. The Morgan fingerprint density at radius 1 is 0.704 bits per heavy atom. The maximum Gasteiger partial charge on any atom is 0.308 e. The van der Waals surface area contributed by atoms with Crippen LogP contribution >= 0.6 is 0 Å². The second-order valence-corrected chi connectivity index (χ2v) is 8.53. The fourth-order valence-corrected chi connectivity index (χ4v) is 3.36. The molecule has 0 spiro atoms. The summed E-state index contributed by atoms with van der Waals surface area (Å²) in [5.74, 6) is -0.339. The van der Waals surface area contributed by atoms with Crippen molar-refractivity contribution < 1.29 is 14.6 Å². The number of esters is 1. The lowest BCUT2D eigenvalue weighted by Gasteiger charge is -2.12. The van der Waals surface area contributed by atoms with Crippen LogP contribution in [0, 0.1) is 5.92 Å². The van der Waals surface area contributed by atoms with Crippen LogP contribution in [0.4, 0.5) is 0 Å². The van der Waals surface area contributed by atoms with Crippen LogP contribution in [0.1, 0.15) is 130 Å². The van der Waals surface area contributed by atoms with E-state index in [9.17, 15) is 9.90 Å². The summed E-state index contributed by atoms with van der Waals surface area (Å²) in [6, 6.07) is 0. The van der Waals surface area contributed by atoms with Crippen LogP contribution in [0.3, 0.4) is 0 Å². The molecule has 1 unspecified atom stereocenters. The quantitative estimate of drug-likeness (QED) is 0.178. The zero-order valence-corrected chi connectivity index (χ0v) is 18.6. The minimum absolute atomic E-state index is 0.118. The Morgan fingerprint density at radius 2 is 1.07 bits per heavy atom. The van der Waals surface area contributed by atoms with Crippen LogP contribution < -0.4 is 0 Å². The highest BCUT2D eigenvalue weighted by atomic mass is 16.5. The van der Waals surface area contributed by atoms with E-state index >= 15 is 0 Å². The van der Waals surface area contributed by atoms with Crippen LogP contribution in [0.15, 0.2) is 0 Å². The highest BCUT2D eigenvalue weighted by Crippen LogP contribution is 2.14.